The van der Waals surface area contributed by atoms with E-state index in [1.807, 2.05) is 6.07 Å². The van der Waals surface area contributed by atoms with Gasteiger partial charge in [-0.1, -0.05) is 52.0 Å². The van der Waals surface area contributed by atoms with Crippen LogP contribution in [0.2, 0.25) is 0 Å². The molecule has 0 radical (unpaired) electrons. The minimum atomic E-state index is 0.111. The molecule has 3 heterocycles. The van der Waals surface area contributed by atoms with Crippen molar-refractivity contribution in [1.29, 1.82) is 0 Å². The first-order valence-corrected chi connectivity index (χ1v) is 9.09. The molecule has 2 aromatic carbocycles. The van der Waals surface area contributed by atoms with Gasteiger partial charge < -0.3 is 0 Å². The number of aromatic nitrogens is 2. The quantitative estimate of drug-likeness (QED) is 0.451. The first-order valence-electron chi connectivity index (χ1n) is 9.09. The highest BCUT2D eigenvalue weighted by atomic mass is 15.0. The van der Waals surface area contributed by atoms with Crippen LogP contribution in [0.4, 0.5) is 0 Å². The van der Waals surface area contributed by atoms with Gasteiger partial charge in [0.25, 0.3) is 0 Å². The van der Waals surface area contributed by atoms with Crippen LogP contribution in [-0.2, 0) is 11.8 Å². The maximum absolute atomic E-state index is 4.95. The molecule has 0 saturated heterocycles. The fourth-order valence-corrected chi connectivity index (χ4v) is 4.62. The van der Waals surface area contributed by atoms with Crippen molar-refractivity contribution >= 4 is 27.3 Å². The van der Waals surface area contributed by atoms with Crippen LogP contribution in [0.25, 0.3) is 27.3 Å². The molecule has 0 amide bonds. The van der Waals surface area contributed by atoms with Crippen molar-refractivity contribution in [3.8, 4) is 0 Å². The lowest BCUT2D eigenvalue weighted by atomic mass is 9.75. The Bertz CT molecular complexity index is 1180. The van der Waals surface area contributed by atoms with E-state index in [-0.39, 0.29) is 5.41 Å². The maximum atomic E-state index is 4.95. The molecular formula is C23H22N2. The molecule has 0 bridgehead atoms. The molecule has 0 fully saturated rings. The van der Waals surface area contributed by atoms with Gasteiger partial charge in [0.15, 0.2) is 5.65 Å². The van der Waals surface area contributed by atoms with Crippen LogP contribution in [0.15, 0.2) is 24.3 Å². The zero-order chi connectivity index (χ0) is 17.5. The molecule has 4 aromatic rings. The van der Waals surface area contributed by atoms with E-state index in [2.05, 4.69) is 69.4 Å². The highest BCUT2D eigenvalue weighted by molar-refractivity contribution is 6.14. The van der Waals surface area contributed by atoms with E-state index in [0.29, 0.717) is 5.92 Å². The van der Waals surface area contributed by atoms with Crippen LogP contribution in [0.1, 0.15) is 56.1 Å². The normalized spacial score (nSPS) is 15.6. The Morgan fingerprint density at radius 1 is 1.20 bits per heavy atom. The summed E-state index contributed by atoms with van der Waals surface area (Å²) >= 11 is 0. The molecule has 0 unspecified atom stereocenters. The van der Waals surface area contributed by atoms with E-state index >= 15 is 0 Å². The Morgan fingerprint density at radius 2 is 2.00 bits per heavy atom. The third kappa shape index (κ3) is 1.74. The second kappa shape index (κ2) is 4.55. The highest BCUT2D eigenvalue weighted by Gasteiger charge is 2.33. The minimum Gasteiger partial charge on any atom is -0.295 e. The monoisotopic (exact) mass is 326 g/mol. The van der Waals surface area contributed by atoms with Crippen molar-refractivity contribution in [2.24, 2.45) is 0 Å². The van der Waals surface area contributed by atoms with Crippen molar-refractivity contribution in [3.63, 3.8) is 0 Å². The van der Waals surface area contributed by atoms with E-state index in [4.69, 9.17) is 4.98 Å². The van der Waals surface area contributed by atoms with E-state index < -0.39 is 0 Å². The number of imidazole rings is 1. The minimum absolute atomic E-state index is 0.111. The Labute approximate surface area is 148 Å². The van der Waals surface area contributed by atoms with Crippen LogP contribution < -0.4 is 0 Å². The molecule has 1 aliphatic heterocycles. The number of nitrogens with zero attached hydrogens (tertiary/aromatic N) is 2. The van der Waals surface area contributed by atoms with Crippen molar-refractivity contribution in [2.45, 2.75) is 52.4 Å². The lowest BCUT2D eigenvalue weighted by Crippen LogP contribution is -2.27. The average Bonchev–Trinajstić information content (AvgIpc) is 2.90. The topological polar surface area (TPSA) is 17.3 Å². The summed E-state index contributed by atoms with van der Waals surface area (Å²) in [6.07, 6.45) is 1.02. The van der Waals surface area contributed by atoms with Gasteiger partial charge in [0.1, 0.15) is 0 Å². The van der Waals surface area contributed by atoms with Gasteiger partial charge in [-0.2, -0.15) is 0 Å². The number of aryl methyl sites for hydroxylation is 1. The Balaban J connectivity index is 2.20. The number of rotatable bonds is 1. The number of benzene rings is 1. The average molecular weight is 326 g/mol. The third-order valence-electron chi connectivity index (χ3n) is 5.86. The van der Waals surface area contributed by atoms with Gasteiger partial charge in [0.2, 0.25) is 0 Å². The molecule has 5 rings (SSSR count). The second-order valence-corrected chi connectivity index (χ2v) is 8.34. The summed E-state index contributed by atoms with van der Waals surface area (Å²) < 4.78 is 2.41. The van der Waals surface area contributed by atoms with Crippen molar-refractivity contribution in [2.75, 3.05) is 0 Å². The molecule has 0 saturated carbocycles. The number of pyridine rings is 1. The van der Waals surface area contributed by atoms with Gasteiger partial charge in [-0.15, -0.1) is 0 Å². The smallest absolute Gasteiger partial charge is 0.154 e. The van der Waals surface area contributed by atoms with E-state index in [0.717, 1.165) is 23.1 Å². The van der Waals surface area contributed by atoms with Crippen LogP contribution in [0, 0.1) is 19.1 Å². The van der Waals surface area contributed by atoms with Crippen LogP contribution in [-0.4, -0.2) is 9.38 Å². The van der Waals surface area contributed by atoms with Gasteiger partial charge in [0.05, 0.1) is 16.6 Å². The summed E-state index contributed by atoms with van der Waals surface area (Å²) in [5, 5.41) is 3.70. The Hall–Kier alpha value is -2.53. The molecule has 124 valence electrons. The highest BCUT2D eigenvalue weighted by Crippen LogP contribution is 2.44. The van der Waals surface area contributed by atoms with E-state index in [9.17, 15) is 0 Å². The van der Waals surface area contributed by atoms with Crippen LogP contribution >= 0.6 is 0 Å². The summed E-state index contributed by atoms with van der Waals surface area (Å²) in [6, 6.07) is 15.3. The lowest BCUT2D eigenvalue weighted by Gasteiger charge is -2.33. The van der Waals surface area contributed by atoms with Gasteiger partial charge >= 0.3 is 0 Å². The molecule has 1 aliphatic rings. The van der Waals surface area contributed by atoms with Gasteiger partial charge in [-0.05, 0) is 47.9 Å². The summed E-state index contributed by atoms with van der Waals surface area (Å²) in [5.74, 6) is 0.469. The molecule has 0 aliphatic carbocycles. The number of hydrogen-bond donors (Lipinski definition) is 0. The molecular weight excluding hydrogens is 304 g/mol. The molecule has 25 heavy (non-hydrogen) atoms. The number of fused-ring (bicyclic) bond motifs is 3. The zero-order valence-corrected chi connectivity index (χ0v) is 15.5. The predicted molar refractivity (Wildman–Crippen MR) is 103 cm³/mol. The van der Waals surface area contributed by atoms with Crippen LogP contribution in [0.5, 0.6) is 0 Å². The maximum Gasteiger partial charge on any atom is 0.154 e. The molecule has 2 nitrogen and oxygen atoms in total. The largest absolute Gasteiger partial charge is 0.295 e. The third-order valence-corrected chi connectivity index (χ3v) is 5.86. The van der Waals surface area contributed by atoms with Gasteiger partial charge in [-0.25, -0.2) is 4.98 Å². The summed E-state index contributed by atoms with van der Waals surface area (Å²) in [4.78, 5) is 4.95. The summed E-state index contributed by atoms with van der Waals surface area (Å²) in [6.45, 7) is 11.4. The van der Waals surface area contributed by atoms with Crippen LogP contribution in [0.3, 0.4) is 0 Å². The molecule has 0 N–H and O–H groups in total. The van der Waals surface area contributed by atoms with Gasteiger partial charge in [0, 0.05) is 16.5 Å². The predicted octanol–water partition coefficient (Wildman–Crippen LogP) is 5.51. The fourth-order valence-electron chi connectivity index (χ4n) is 4.62. The standard InChI is InChI=1S/C23H22N2/c1-13(2)15-10-11-18-21-20(15)16-8-6-7-9-17(16)22-24-14(3)19(25(21)22)12-23(18,4)5/h6,8,10-11,13H,12H2,1-5H3. The molecule has 2 heteroatoms. The first kappa shape index (κ1) is 14.8. The first-order chi connectivity index (χ1) is 11.9. The summed E-state index contributed by atoms with van der Waals surface area (Å²) in [5.41, 5.74) is 7.80. The van der Waals surface area contributed by atoms with E-state index in [1.165, 1.54) is 33.1 Å². The number of hydrogen-bond acceptors (Lipinski definition) is 1. The Kier molecular flexibility index (Phi) is 2.69. The Morgan fingerprint density at radius 3 is 2.76 bits per heavy atom. The van der Waals surface area contributed by atoms with Gasteiger partial charge in [-0.3, -0.25) is 4.40 Å². The van der Waals surface area contributed by atoms with Crippen molar-refractivity contribution in [1.82, 2.24) is 9.38 Å². The fraction of sp³-hybridized carbons (Fsp3) is 0.348. The van der Waals surface area contributed by atoms with E-state index in [1.54, 1.807) is 0 Å². The lowest BCUT2D eigenvalue weighted by molar-refractivity contribution is 0.504. The molecule has 2 aromatic heterocycles. The second-order valence-electron chi connectivity index (χ2n) is 8.34. The molecule has 0 spiro atoms. The SMILES string of the molecule is Cc1nc2c3c#cccc3c3c(C(C)C)ccc4c3n2c1CC4(C)C. The van der Waals surface area contributed by atoms with Crippen molar-refractivity contribution in [3.05, 3.63) is 58.9 Å². The summed E-state index contributed by atoms with van der Waals surface area (Å²) in [7, 11) is 0. The van der Waals surface area contributed by atoms with Crippen molar-refractivity contribution < 1.29 is 0 Å². The zero-order valence-electron chi connectivity index (χ0n) is 15.5. The molecule has 0 atom stereocenters.